The van der Waals surface area contributed by atoms with Crippen LogP contribution in [0.2, 0.25) is 0 Å². The fraction of sp³-hybridized carbons (Fsp3) is 0.600. The van der Waals surface area contributed by atoms with E-state index >= 15 is 0 Å². The smallest absolute Gasteiger partial charge is 0.491 e. The van der Waals surface area contributed by atoms with Gasteiger partial charge >= 0.3 is 7.12 Å². The lowest BCUT2D eigenvalue weighted by atomic mass is 9.78. The van der Waals surface area contributed by atoms with E-state index in [1.54, 1.807) is 6.07 Å². The first-order valence-electron chi connectivity index (χ1n) is 7.10. The lowest BCUT2D eigenvalue weighted by Crippen LogP contribution is -2.35. The van der Waals surface area contributed by atoms with Crippen molar-refractivity contribution in [2.24, 2.45) is 11.8 Å². The number of rotatable bonds is 3. The van der Waals surface area contributed by atoms with Crippen molar-refractivity contribution in [2.45, 2.75) is 46.1 Å². The van der Waals surface area contributed by atoms with Crippen molar-refractivity contribution >= 4 is 12.6 Å². The largest absolute Gasteiger partial charge is 0.492 e. The summed E-state index contributed by atoms with van der Waals surface area (Å²) in [4.78, 5) is 0. The molecule has 3 unspecified atom stereocenters. The van der Waals surface area contributed by atoms with E-state index in [1.165, 1.54) is 6.42 Å². The molecule has 0 aliphatic heterocycles. The summed E-state index contributed by atoms with van der Waals surface area (Å²) in [7, 11) is -1.48. The molecule has 1 saturated carbocycles. The summed E-state index contributed by atoms with van der Waals surface area (Å²) in [5.74, 6) is 2.01. The average Bonchev–Trinajstić information content (AvgIpc) is 2.36. The van der Waals surface area contributed by atoms with Gasteiger partial charge in [-0.15, -0.1) is 0 Å². The molecule has 104 valence electrons. The van der Waals surface area contributed by atoms with Crippen LogP contribution in [0.25, 0.3) is 0 Å². The van der Waals surface area contributed by atoms with E-state index in [9.17, 15) is 10.0 Å². The SMILES string of the molecule is Cc1ccc(OC2CCC(C)C(C)C2)c(B(O)O)c1. The Labute approximate surface area is 115 Å². The lowest BCUT2D eigenvalue weighted by molar-refractivity contribution is 0.101. The predicted molar refractivity (Wildman–Crippen MR) is 77.6 cm³/mol. The maximum absolute atomic E-state index is 9.43. The fourth-order valence-corrected chi connectivity index (χ4v) is 2.76. The second kappa shape index (κ2) is 5.97. The summed E-state index contributed by atoms with van der Waals surface area (Å²) >= 11 is 0. The van der Waals surface area contributed by atoms with Gasteiger partial charge in [-0.3, -0.25) is 0 Å². The van der Waals surface area contributed by atoms with Crippen molar-refractivity contribution < 1.29 is 14.8 Å². The Morgan fingerprint density at radius 1 is 1.16 bits per heavy atom. The minimum Gasteiger partial charge on any atom is -0.491 e. The van der Waals surface area contributed by atoms with Crippen molar-refractivity contribution in [3.05, 3.63) is 23.8 Å². The molecule has 19 heavy (non-hydrogen) atoms. The third kappa shape index (κ3) is 3.51. The summed E-state index contributed by atoms with van der Waals surface area (Å²) in [6.07, 6.45) is 3.44. The van der Waals surface area contributed by atoms with Gasteiger partial charge in [0.25, 0.3) is 0 Å². The Kier molecular flexibility index (Phi) is 4.53. The molecule has 1 aliphatic carbocycles. The fourth-order valence-electron chi connectivity index (χ4n) is 2.76. The summed E-state index contributed by atoms with van der Waals surface area (Å²) in [5, 5.41) is 18.9. The van der Waals surface area contributed by atoms with Gasteiger partial charge in [-0.05, 0) is 44.1 Å². The molecule has 0 aromatic heterocycles. The van der Waals surface area contributed by atoms with Crippen LogP contribution in [0.4, 0.5) is 0 Å². The van der Waals surface area contributed by atoms with Gasteiger partial charge in [0.2, 0.25) is 0 Å². The molecule has 0 bridgehead atoms. The van der Waals surface area contributed by atoms with Crippen LogP contribution >= 0.6 is 0 Å². The van der Waals surface area contributed by atoms with E-state index in [2.05, 4.69) is 13.8 Å². The Morgan fingerprint density at radius 3 is 2.53 bits per heavy atom. The van der Waals surface area contributed by atoms with Crippen LogP contribution in [0, 0.1) is 18.8 Å². The van der Waals surface area contributed by atoms with Crippen LogP contribution in [-0.4, -0.2) is 23.3 Å². The molecule has 1 fully saturated rings. The third-order valence-corrected chi connectivity index (χ3v) is 4.29. The molecule has 0 saturated heterocycles. The molecule has 4 heteroatoms. The van der Waals surface area contributed by atoms with Crippen molar-refractivity contribution in [3.63, 3.8) is 0 Å². The molecule has 2 rings (SSSR count). The molecular formula is C15H23BO3. The number of hydrogen-bond donors (Lipinski definition) is 2. The van der Waals surface area contributed by atoms with Gasteiger partial charge in [-0.25, -0.2) is 0 Å². The minimum atomic E-state index is -1.48. The summed E-state index contributed by atoms with van der Waals surface area (Å²) in [5.41, 5.74) is 1.47. The maximum atomic E-state index is 9.43. The van der Waals surface area contributed by atoms with E-state index in [0.717, 1.165) is 24.3 Å². The second-order valence-electron chi connectivity index (χ2n) is 5.92. The first-order valence-corrected chi connectivity index (χ1v) is 7.10. The zero-order chi connectivity index (χ0) is 14.0. The van der Waals surface area contributed by atoms with E-state index < -0.39 is 7.12 Å². The molecule has 1 aromatic rings. The zero-order valence-corrected chi connectivity index (χ0v) is 12.0. The van der Waals surface area contributed by atoms with Crippen molar-refractivity contribution in [2.75, 3.05) is 0 Å². The highest BCUT2D eigenvalue weighted by Gasteiger charge is 2.27. The summed E-state index contributed by atoms with van der Waals surface area (Å²) in [6, 6.07) is 5.55. The first kappa shape index (κ1) is 14.4. The molecule has 3 atom stereocenters. The van der Waals surface area contributed by atoms with Gasteiger partial charge in [0.15, 0.2) is 0 Å². The van der Waals surface area contributed by atoms with Gasteiger partial charge in [-0.1, -0.05) is 31.5 Å². The van der Waals surface area contributed by atoms with Crippen LogP contribution in [0.5, 0.6) is 5.75 Å². The van der Waals surface area contributed by atoms with E-state index in [-0.39, 0.29) is 6.10 Å². The Bertz CT molecular complexity index is 433. The van der Waals surface area contributed by atoms with Crippen LogP contribution in [0.15, 0.2) is 18.2 Å². The molecule has 0 radical (unpaired) electrons. The van der Waals surface area contributed by atoms with Crippen molar-refractivity contribution in [3.8, 4) is 5.75 Å². The van der Waals surface area contributed by atoms with Crippen molar-refractivity contribution in [1.82, 2.24) is 0 Å². The molecule has 0 heterocycles. The lowest BCUT2D eigenvalue weighted by Gasteiger charge is -2.32. The van der Waals surface area contributed by atoms with E-state index in [0.29, 0.717) is 17.1 Å². The highest BCUT2D eigenvalue weighted by atomic mass is 16.5. The van der Waals surface area contributed by atoms with Gasteiger partial charge < -0.3 is 14.8 Å². The zero-order valence-electron chi connectivity index (χ0n) is 12.0. The predicted octanol–water partition coefficient (Wildman–Crippen LogP) is 1.88. The first-order chi connectivity index (χ1) is 8.97. The molecule has 3 nitrogen and oxygen atoms in total. The Hall–Kier alpha value is -0.995. The summed E-state index contributed by atoms with van der Waals surface area (Å²) < 4.78 is 6.00. The van der Waals surface area contributed by atoms with Crippen LogP contribution < -0.4 is 10.2 Å². The Balaban J connectivity index is 2.11. The normalized spacial score (nSPS) is 27.1. The number of hydrogen-bond acceptors (Lipinski definition) is 3. The molecule has 2 N–H and O–H groups in total. The van der Waals surface area contributed by atoms with Crippen LogP contribution in [-0.2, 0) is 0 Å². The van der Waals surface area contributed by atoms with Crippen molar-refractivity contribution in [1.29, 1.82) is 0 Å². The highest BCUT2D eigenvalue weighted by molar-refractivity contribution is 6.59. The van der Waals surface area contributed by atoms with Gasteiger partial charge in [-0.2, -0.15) is 0 Å². The standard InChI is InChI=1S/C15H23BO3/c1-10-4-7-15(14(8-10)16(17)18)19-13-6-5-11(2)12(3)9-13/h4,7-8,11-13,17-18H,5-6,9H2,1-3H3. The Morgan fingerprint density at radius 2 is 1.89 bits per heavy atom. The van der Waals surface area contributed by atoms with Gasteiger partial charge in [0, 0.05) is 5.46 Å². The number of aryl methyl sites for hydroxylation is 1. The number of ether oxygens (including phenoxy) is 1. The maximum Gasteiger partial charge on any atom is 0.492 e. The molecule has 1 aromatic carbocycles. The molecule has 0 spiro atoms. The molecule has 0 amide bonds. The topological polar surface area (TPSA) is 49.7 Å². The third-order valence-electron chi connectivity index (χ3n) is 4.29. The number of benzene rings is 1. The van der Waals surface area contributed by atoms with Crippen LogP contribution in [0.1, 0.15) is 38.7 Å². The van der Waals surface area contributed by atoms with E-state index in [1.807, 2.05) is 19.1 Å². The molecular weight excluding hydrogens is 239 g/mol. The average molecular weight is 262 g/mol. The summed E-state index contributed by atoms with van der Waals surface area (Å²) in [6.45, 7) is 6.48. The monoisotopic (exact) mass is 262 g/mol. The van der Waals surface area contributed by atoms with Gasteiger partial charge in [0.1, 0.15) is 5.75 Å². The van der Waals surface area contributed by atoms with E-state index in [4.69, 9.17) is 4.74 Å². The second-order valence-corrected chi connectivity index (χ2v) is 5.92. The minimum absolute atomic E-state index is 0.186. The van der Waals surface area contributed by atoms with Gasteiger partial charge in [0.05, 0.1) is 6.10 Å². The van der Waals surface area contributed by atoms with Crippen LogP contribution in [0.3, 0.4) is 0 Å². The molecule has 1 aliphatic rings. The highest BCUT2D eigenvalue weighted by Crippen LogP contribution is 2.31. The quantitative estimate of drug-likeness (QED) is 0.818.